The van der Waals surface area contributed by atoms with Crippen molar-refractivity contribution in [3.63, 3.8) is 0 Å². The average Bonchev–Trinajstić information content (AvgIpc) is 2.32. The Kier molecular flexibility index (Phi) is 4.19. The predicted molar refractivity (Wildman–Crippen MR) is 72.0 cm³/mol. The molecule has 2 rings (SSSR count). The van der Waals surface area contributed by atoms with Crippen molar-refractivity contribution < 1.29 is 8.42 Å². The smallest absolute Gasteiger partial charge is 0.234 e. The summed E-state index contributed by atoms with van der Waals surface area (Å²) in [6, 6.07) is 1.85. The molecule has 2 heterocycles. The second-order valence-corrected chi connectivity index (χ2v) is 6.49. The lowest BCUT2D eigenvalue weighted by Crippen LogP contribution is -2.40. The highest BCUT2D eigenvalue weighted by Crippen LogP contribution is 2.15. The Morgan fingerprint density at radius 3 is 3.00 bits per heavy atom. The Morgan fingerprint density at radius 1 is 1.50 bits per heavy atom. The Balaban J connectivity index is 2.01. The van der Waals surface area contributed by atoms with Gasteiger partial charge in [0, 0.05) is 12.2 Å². The van der Waals surface area contributed by atoms with Crippen LogP contribution in [-0.2, 0) is 10.0 Å². The number of anilines is 1. The van der Waals surface area contributed by atoms with Crippen molar-refractivity contribution >= 4 is 15.7 Å². The summed E-state index contributed by atoms with van der Waals surface area (Å²) in [6.45, 7) is 2.77. The van der Waals surface area contributed by atoms with Crippen molar-refractivity contribution in [1.82, 2.24) is 10.3 Å². The van der Waals surface area contributed by atoms with Crippen molar-refractivity contribution in [3.8, 4) is 0 Å². The molecule has 1 fully saturated rings. The molecule has 0 amide bonds. The van der Waals surface area contributed by atoms with Gasteiger partial charge < -0.3 is 5.32 Å². The van der Waals surface area contributed by atoms with Crippen molar-refractivity contribution in [1.29, 1.82) is 0 Å². The first kappa shape index (κ1) is 13.3. The number of sulfonamides is 1. The summed E-state index contributed by atoms with van der Waals surface area (Å²) in [5.74, 6) is 0.126. The SMILES string of the molecule is Cc1ccncc1NS(=O)(=O)CC1CCCCN1. The van der Waals surface area contributed by atoms with Crippen LogP contribution in [0.1, 0.15) is 24.8 Å². The van der Waals surface area contributed by atoms with E-state index in [-0.39, 0.29) is 11.8 Å². The number of nitrogens with zero attached hydrogens (tertiary/aromatic N) is 1. The molecule has 1 saturated heterocycles. The van der Waals surface area contributed by atoms with E-state index in [2.05, 4.69) is 15.0 Å². The lowest BCUT2D eigenvalue weighted by molar-refractivity contribution is 0.424. The number of pyridine rings is 1. The Bertz CT molecular complexity index is 496. The quantitative estimate of drug-likeness (QED) is 0.863. The minimum atomic E-state index is -3.31. The molecule has 1 aliphatic rings. The first-order valence-corrected chi connectivity index (χ1v) is 7.86. The number of nitrogens with one attached hydrogen (secondary N) is 2. The molecule has 1 aromatic rings. The van der Waals surface area contributed by atoms with Gasteiger partial charge in [-0.1, -0.05) is 6.42 Å². The van der Waals surface area contributed by atoms with Crippen LogP contribution in [0.15, 0.2) is 18.5 Å². The second-order valence-electron chi connectivity index (χ2n) is 4.72. The summed E-state index contributed by atoms with van der Waals surface area (Å²) >= 11 is 0. The third-order valence-electron chi connectivity index (χ3n) is 3.14. The Labute approximate surface area is 108 Å². The maximum absolute atomic E-state index is 12.0. The zero-order valence-electron chi connectivity index (χ0n) is 10.5. The number of rotatable bonds is 4. The molecule has 0 spiro atoms. The molecule has 2 N–H and O–H groups in total. The third-order valence-corrected chi connectivity index (χ3v) is 4.51. The van der Waals surface area contributed by atoms with E-state index < -0.39 is 10.0 Å². The molecule has 0 aliphatic carbocycles. The van der Waals surface area contributed by atoms with E-state index in [1.165, 1.54) is 0 Å². The second kappa shape index (κ2) is 5.67. The molecule has 0 bridgehead atoms. The van der Waals surface area contributed by atoms with Gasteiger partial charge in [0.2, 0.25) is 10.0 Å². The van der Waals surface area contributed by atoms with Crippen LogP contribution in [0.2, 0.25) is 0 Å². The van der Waals surface area contributed by atoms with Gasteiger partial charge >= 0.3 is 0 Å². The molecule has 1 atom stereocenters. The van der Waals surface area contributed by atoms with Gasteiger partial charge in [-0.05, 0) is 37.9 Å². The van der Waals surface area contributed by atoms with Gasteiger partial charge in [-0.25, -0.2) is 8.42 Å². The molecular weight excluding hydrogens is 250 g/mol. The summed E-state index contributed by atoms with van der Waals surface area (Å²) < 4.78 is 26.7. The lowest BCUT2D eigenvalue weighted by atomic mass is 10.1. The molecule has 6 heteroatoms. The molecule has 0 saturated carbocycles. The fourth-order valence-electron chi connectivity index (χ4n) is 2.11. The molecule has 18 heavy (non-hydrogen) atoms. The van der Waals surface area contributed by atoms with Crippen LogP contribution in [0, 0.1) is 6.92 Å². The summed E-state index contributed by atoms with van der Waals surface area (Å²) in [5, 5.41) is 3.24. The largest absolute Gasteiger partial charge is 0.313 e. The van der Waals surface area contributed by atoms with Crippen LogP contribution in [-0.4, -0.2) is 31.7 Å². The first-order valence-electron chi connectivity index (χ1n) is 6.21. The molecule has 1 aliphatic heterocycles. The highest BCUT2D eigenvalue weighted by molar-refractivity contribution is 7.92. The monoisotopic (exact) mass is 269 g/mol. The summed E-state index contributed by atoms with van der Waals surface area (Å²) in [4.78, 5) is 3.93. The first-order chi connectivity index (χ1) is 8.57. The average molecular weight is 269 g/mol. The van der Waals surface area contributed by atoms with E-state index in [4.69, 9.17) is 0 Å². The summed E-state index contributed by atoms with van der Waals surface area (Å²) in [6.07, 6.45) is 6.34. The fourth-order valence-corrected chi connectivity index (χ4v) is 3.56. The van der Waals surface area contributed by atoms with E-state index in [0.717, 1.165) is 31.4 Å². The molecule has 5 nitrogen and oxygen atoms in total. The van der Waals surface area contributed by atoms with Gasteiger partial charge in [-0.3, -0.25) is 9.71 Å². The topological polar surface area (TPSA) is 71.1 Å². The molecular formula is C12H19N3O2S. The van der Waals surface area contributed by atoms with E-state index in [9.17, 15) is 8.42 Å². The van der Waals surface area contributed by atoms with Crippen LogP contribution >= 0.6 is 0 Å². The number of aryl methyl sites for hydroxylation is 1. The zero-order chi connectivity index (χ0) is 13.0. The van der Waals surface area contributed by atoms with E-state index in [0.29, 0.717) is 5.69 Å². The number of hydrogen-bond donors (Lipinski definition) is 2. The Morgan fingerprint density at radius 2 is 2.33 bits per heavy atom. The molecule has 1 unspecified atom stereocenters. The van der Waals surface area contributed by atoms with Crippen LogP contribution < -0.4 is 10.0 Å². The Hall–Kier alpha value is -1.14. The van der Waals surface area contributed by atoms with Gasteiger partial charge in [0.05, 0.1) is 17.6 Å². The molecule has 0 aromatic carbocycles. The summed E-state index contributed by atoms with van der Waals surface area (Å²) in [7, 11) is -3.31. The van der Waals surface area contributed by atoms with Crippen LogP contribution in [0.4, 0.5) is 5.69 Å². The molecule has 1 aromatic heterocycles. The maximum atomic E-state index is 12.0. The minimum absolute atomic E-state index is 0.0632. The van der Waals surface area contributed by atoms with Gasteiger partial charge in [0.25, 0.3) is 0 Å². The van der Waals surface area contributed by atoms with Gasteiger partial charge in [-0.2, -0.15) is 0 Å². The third kappa shape index (κ3) is 3.68. The van der Waals surface area contributed by atoms with Crippen molar-refractivity contribution in [2.75, 3.05) is 17.0 Å². The van der Waals surface area contributed by atoms with Crippen molar-refractivity contribution in [2.24, 2.45) is 0 Å². The van der Waals surface area contributed by atoms with Crippen molar-refractivity contribution in [3.05, 3.63) is 24.0 Å². The van der Waals surface area contributed by atoms with Gasteiger partial charge in [0.15, 0.2) is 0 Å². The van der Waals surface area contributed by atoms with Gasteiger partial charge in [0.1, 0.15) is 0 Å². The highest BCUT2D eigenvalue weighted by atomic mass is 32.2. The van der Waals surface area contributed by atoms with Crippen molar-refractivity contribution in [2.45, 2.75) is 32.2 Å². The van der Waals surface area contributed by atoms with E-state index >= 15 is 0 Å². The highest BCUT2D eigenvalue weighted by Gasteiger charge is 2.21. The fraction of sp³-hybridized carbons (Fsp3) is 0.583. The predicted octanol–water partition coefficient (Wildman–Crippen LogP) is 1.27. The normalized spacial score (nSPS) is 20.6. The molecule has 0 radical (unpaired) electrons. The maximum Gasteiger partial charge on any atom is 0.234 e. The lowest BCUT2D eigenvalue weighted by Gasteiger charge is -2.23. The van der Waals surface area contributed by atoms with Crippen LogP contribution in [0.25, 0.3) is 0 Å². The van der Waals surface area contributed by atoms with E-state index in [1.54, 1.807) is 18.5 Å². The van der Waals surface area contributed by atoms with E-state index in [1.807, 2.05) is 6.92 Å². The molecule has 100 valence electrons. The number of piperidine rings is 1. The summed E-state index contributed by atoms with van der Waals surface area (Å²) in [5.41, 5.74) is 1.44. The van der Waals surface area contributed by atoms with Gasteiger partial charge in [-0.15, -0.1) is 0 Å². The van der Waals surface area contributed by atoms with Crippen LogP contribution in [0.5, 0.6) is 0 Å². The van der Waals surface area contributed by atoms with Crippen LogP contribution in [0.3, 0.4) is 0 Å². The zero-order valence-corrected chi connectivity index (χ0v) is 11.3. The standard InChI is InChI=1S/C12H19N3O2S/c1-10-5-7-13-8-12(10)15-18(16,17)9-11-4-2-3-6-14-11/h5,7-8,11,14-15H,2-4,6,9H2,1H3. The number of hydrogen-bond acceptors (Lipinski definition) is 4. The number of aromatic nitrogens is 1. The minimum Gasteiger partial charge on any atom is -0.313 e.